The summed E-state index contributed by atoms with van der Waals surface area (Å²) in [7, 11) is 4.84. The number of hydrogen-bond donors (Lipinski definition) is 0. The highest BCUT2D eigenvalue weighted by molar-refractivity contribution is 4.59. The molecule has 0 heterocycles. The maximum atomic E-state index is 4.84. The van der Waals surface area contributed by atoms with Crippen molar-refractivity contribution in [1.82, 2.24) is 0 Å². The van der Waals surface area contributed by atoms with Gasteiger partial charge >= 0.3 is 0 Å². The highest BCUT2D eigenvalue weighted by Gasteiger charge is 2.07. The van der Waals surface area contributed by atoms with Crippen molar-refractivity contribution in [2.75, 3.05) is 6.61 Å². The van der Waals surface area contributed by atoms with Gasteiger partial charge in [-0.15, -0.1) is 0 Å². The summed E-state index contributed by atoms with van der Waals surface area (Å²) in [6.45, 7) is 7.13. The molecule has 0 fully saturated rings. The molecule has 0 N–H and O–H groups in total. The SMILES string of the molecule is [CH]OCCC(C)(C)C. The summed E-state index contributed by atoms with van der Waals surface area (Å²) >= 11 is 0. The largest absolute Gasteiger partial charge is 0.373 e. The van der Waals surface area contributed by atoms with Crippen molar-refractivity contribution in [1.29, 1.82) is 0 Å². The third-order valence-electron chi connectivity index (χ3n) is 0.970. The highest BCUT2D eigenvalue weighted by atomic mass is 16.5. The van der Waals surface area contributed by atoms with Crippen LogP contribution in [0.3, 0.4) is 0 Å². The lowest BCUT2D eigenvalue weighted by Gasteiger charge is -2.16. The average molecular weight is 114 g/mol. The van der Waals surface area contributed by atoms with E-state index in [0.29, 0.717) is 12.0 Å². The van der Waals surface area contributed by atoms with Gasteiger partial charge in [0, 0.05) is 6.61 Å². The van der Waals surface area contributed by atoms with E-state index in [-0.39, 0.29) is 0 Å². The molecule has 8 heavy (non-hydrogen) atoms. The third-order valence-corrected chi connectivity index (χ3v) is 0.970. The van der Waals surface area contributed by atoms with E-state index in [9.17, 15) is 0 Å². The van der Waals surface area contributed by atoms with E-state index in [4.69, 9.17) is 7.11 Å². The number of rotatable bonds is 2. The summed E-state index contributed by atoms with van der Waals surface area (Å²) < 4.78 is 4.42. The summed E-state index contributed by atoms with van der Waals surface area (Å²) in [5.74, 6) is 0. The molecule has 48 valence electrons. The van der Waals surface area contributed by atoms with Crippen molar-refractivity contribution in [2.24, 2.45) is 5.41 Å². The standard InChI is InChI=1S/C7H14O/c1-7(2,3)5-6-8-4/h4H,5-6H2,1-3H3. The first-order chi connectivity index (χ1) is 3.56. The van der Waals surface area contributed by atoms with E-state index in [1.54, 1.807) is 0 Å². The molecule has 0 aromatic heterocycles. The van der Waals surface area contributed by atoms with Crippen molar-refractivity contribution in [3.8, 4) is 0 Å². The Balaban J connectivity index is 3.11. The summed E-state index contributed by atoms with van der Waals surface area (Å²) in [6.07, 6.45) is 1.02. The van der Waals surface area contributed by atoms with Crippen molar-refractivity contribution < 1.29 is 4.74 Å². The molecule has 0 unspecified atom stereocenters. The van der Waals surface area contributed by atoms with Gasteiger partial charge in [0.1, 0.15) is 7.11 Å². The van der Waals surface area contributed by atoms with E-state index in [2.05, 4.69) is 25.5 Å². The van der Waals surface area contributed by atoms with Crippen LogP contribution in [-0.2, 0) is 4.74 Å². The molecule has 1 nitrogen and oxygen atoms in total. The molecule has 0 atom stereocenters. The molecule has 0 aliphatic heterocycles. The first-order valence-electron chi connectivity index (χ1n) is 2.88. The Morgan fingerprint density at radius 3 is 2.00 bits per heavy atom. The Morgan fingerprint density at radius 2 is 1.88 bits per heavy atom. The third kappa shape index (κ3) is 5.96. The Bertz CT molecular complexity index is 51.9. The highest BCUT2D eigenvalue weighted by Crippen LogP contribution is 2.17. The van der Waals surface area contributed by atoms with Crippen LogP contribution >= 0.6 is 0 Å². The Morgan fingerprint density at radius 1 is 1.38 bits per heavy atom. The fourth-order valence-corrected chi connectivity index (χ4v) is 0.365. The van der Waals surface area contributed by atoms with Gasteiger partial charge in [0.2, 0.25) is 0 Å². The number of ether oxygens (including phenoxy) is 1. The van der Waals surface area contributed by atoms with E-state index in [1.165, 1.54) is 0 Å². The van der Waals surface area contributed by atoms with Crippen molar-refractivity contribution in [3.05, 3.63) is 7.11 Å². The van der Waals surface area contributed by atoms with Gasteiger partial charge in [-0.2, -0.15) is 0 Å². The lowest BCUT2D eigenvalue weighted by atomic mass is 9.93. The molecular weight excluding hydrogens is 100 g/mol. The lowest BCUT2D eigenvalue weighted by Crippen LogP contribution is -2.07. The van der Waals surface area contributed by atoms with Crippen molar-refractivity contribution in [3.63, 3.8) is 0 Å². The van der Waals surface area contributed by atoms with Crippen LogP contribution in [0.15, 0.2) is 0 Å². The van der Waals surface area contributed by atoms with Crippen LogP contribution in [0.1, 0.15) is 27.2 Å². The fourth-order valence-electron chi connectivity index (χ4n) is 0.365. The van der Waals surface area contributed by atoms with Gasteiger partial charge in [0.05, 0.1) is 0 Å². The summed E-state index contributed by atoms with van der Waals surface area (Å²) in [5.41, 5.74) is 0.347. The van der Waals surface area contributed by atoms with Gasteiger partial charge in [-0.1, -0.05) is 20.8 Å². The summed E-state index contributed by atoms with van der Waals surface area (Å²) in [4.78, 5) is 0. The lowest BCUT2D eigenvalue weighted by molar-refractivity contribution is 0.192. The molecule has 1 heteroatoms. The zero-order valence-electron chi connectivity index (χ0n) is 5.90. The first-order valence-corrected chi connectivity index (χ1v) is 2.88. The molecule has 0 saturated heterocycles. The molecule has 0 aromatic carbocycles. The van der Waals surface area contributed by atoms with E-state index < -0.39 is 0 Å². The van der Waals surface area contributed by atoms with Crippen molar-refractivity contribution in [2.45, 2.75) is 27.2 Å². The van der Waals surface area contributed by atoms with Crippen LogP contribution in [0.25, 0.3) is 0 Å². The fraction of sp³-hybridized carbons (Fsp3) is 0.857. The molecule has 0 bridgehead atoms. The molecule has 0 spiro atoms. The molecule has 2 radical (unpaired) electrons. The van der Waals surface area contributed by atoms with E-state index in [1.807, 2.05) is 0 Å². The van der Waals surface area contributed by atoms with Gasteiger partial charge < -0.3 is 4.74 Å². The topological polar surface area (TPSA) is 9.23 Å². The predicted octanol–water partition coefficient (Wildman–Crippen LogP) is 2.11. The Kier molecular flexibility index (Phi) is 3.06. The molecule has 0 saturated carbocycles. The van der Waals surface area contributed by atoms with Gasteiger partial charge in [-0.3, -0.25) is 0 Å². The van der Waals surface area contributed by atoms with Crippen LogP contribution in [0.2, 0.25) is 0 Å². The van der Waals surface area contributed by atoms with E-state index >= 15 is 0 Å². The first kappa shape index (κ1) is 7.96. The predicted molar refractivity (Wildman–Crippen MR) is 34.3 cm³/mol. The van der Waals surface area contributed by atoms with Crippen LogP contribution in [0.4, 0.5) is 0 Å². The Hall–Kier alpha value is -0.0400. The van der Waals surface area contributed by atoms with Crippen LogP contribution < -0.4 is 0 Å². The minimum Gasteiger partial charge on any atom is -0.373 e. The van der Waals surface area contributed by atoms with Crippen LogP contribution in [-0.4, -0.2) is 6.61 Å². The molecule has 0 aliphatic carbocycles. The second-order valence-electron chi connectivity index (χ2n) is 3.18. The molecule has 0 amide bonds. The Labute approximate surface area is 52.0 Å². The normalized spacial score (nSPS) is 12.0. The smallest absolute Gasteiger partial charge is 0.115 e. The molecular formula is C7H14O. The van der Waals surface area contributed by atoms with Gasteiger partial charge in [0.25, 0.3) is 0 Å². The average Bonchev–Trinajstić information content (AvgIpc) is 1.59. The van der Waals surface area contributed by atoms with Gasteiger partial charge in [0.15, 0.2) is 0 Å². The number of hydrogen-bond acceptors (Lipinski definition) is 1. The monoisotopic (exact) mass is 114 g/mol. The molecule has 0 rings (SSSR count). The van der Waals surface area contributed by atoms with Crippen LogP contribution in [0.5, 0.6) is 0 Å². The van der Waals surface area contributed by atoms with E-state index in [0.717, 1.165) is 6.42 Å². The zero-order valence-corrected chi connectivity index (χ0v) is 5.90. The summed E-state index contributed by atoms with van der Waals surface area (Å²) in [6, 6.07) is 0. The maximum absolute atomic E-state index is 4.84. The maximum Gasteiger partial charge on any atom is 0.115 e. The minimum atomic E-state index is 0.347. The molecule has 0 aliphatic rings. The minimum absolute atomic E-state index is 0.347. The van der Waals surface area contributed by atoms with Crippen molar-refractivity contribution >= 4 is 0 Å². The summed E-state index contributed by atoms with van der Waals surface area (Å²) in [5, 5.41) is 0. The van der Waals surface area contributed by atoms with Gasteiger partial charge in [-0.05, 0) is 11.8 Å². The molecule has 0 aromatic rings. The van der Waals surface area contributed by atoms with Gasteiger partial charge in [-0.25, -0.2) is 0 Å². The quantitative estimate of drug-likeness (QED) is 0.534. The van der Waals surface area contributed by atoms with Crippen LogP contribution in [0, 0.1) is 12.5 Å². The second-order valence-corrected chi connectivity index (χ2v) is 3.18. The second kappa shape index (κ2) is 3.08. The zero-order chi connectivity index (χ0) is 6.62.